The van der Waals surface area contributed by atoms with Crippen molar-refractivity contribution in [3.05, 3.63) is 23.4 Å². The fraction of sp³-hybridized carbons (Fsp3) is 0.538. The summed E-state index contributed by atoms with van der Waals surface area (Å²) >= 11 is 0. The smallest absolute Gasteiger partial charge is 0.292 e. The Morgan fingerprint density at radius 3 is 2.65 bits per heavy atom. The van der Waals surface area contributed by atoms with Crippen LogP contribution in [-0.4, -0.2) is 48.0 Å². The Morgan fingerprint density at radius 2 is 2.00 bits per heavy atom. The van der Waals surface area contributed by atoms with Crippen LogP contribution in [0.2, 0.25) is 0 Å². The molecule has 10 heteroatoms. The number of aliphatic imine (C=N–C) groups is 1. The molecule has 126 valence electrons. The number of carbonyl (C=O) groups excluding carboxylic acids is 1. The molecule has 3 rings (SSSR count). The Balaban J connectivity index is 1.87. The standard InChI is InChI=1S/C13H20N6O3S/c14-13-16-10-8-9(12(20)17-15)4-5-11(10)19(13)23(21,22)18-6-2-1-3-7-18/h5,8,13H,1-4,6-7,14-15H2,(H,17,20). The average molecular weight is 340 g/mol. The molecular formula is C13H20N6O3S. The van der Waals surface area contributed by atoms with Crippen LogP contribution in [0.5, 0.6) is 0 Å². The van der Waals surface area contributed by atoms with E-state index in [9.17, 15) is 13.2 Å². The third kappa shape index (κ3) is 2.78. The lowest BCUT2D eigenvalue weighted by atomic mass is 10.0. The Hall–Kier alpha value is -1.75. The van der Waals surface area contributed by atoms with E-state index in [1.165, 1.54) is 10.4 Å². The molecule has 0 saturated carbocycles. The number of amides is 1. The van der Waals surface area contributed by atoms with Gasteiger partial charge in [-0.15, -0.1) is 0 Å². The van der Waals surface area contributed by atoms with Crippen LogP contribution in [0.1, 0.15) is 25.7 Å². The molecule has 5 N–H and O–H groups in total. The number of rotatable bonds is 3. The fourth-order valence-electron chi connectivity index (χ4n) is 2.98. The molecular weight excluding hydrogens is 320 g/mol. The van der Waals surface area contributed by atoms with Gasteiger partial charge in [0.1, 0.15) is 0 Å². The van der Waals surface area contributed by atoms with Gasteiger partial charge in [0.05, 0.1) is 11.4 Å². The van der Waals surface area contributed by atoms with Gasteiger partial charge < -0.3 is 0 Å². The Kier molecular flexibility index (Phi) is 4.23. The summed E-state index contributed by atoms with van der Waals surface area (Å²) in [4.78, 5) is 15.8. The molecule has 0 aromatic heterocycles. The summed E-state index contributed by atoms with van der Waals surface area (Å²) in [5, 5.41) is 0. The molecule has 2 aliphatic heterocycles. The lowest BCUT2D eigenvalue weighted by Crippen LogP contribution is -2.50. The molecule has 1 atom stereocenters. The topological polar surface area (TPSA) is 134 Å². The van der Waals surface area contributed by atoms with Gasteiger partial charge in [0, 0.05) is 18.7 Å². The first-order chi connectivity index (χ1) is 10.9. The summed E-state index contributed by atoms with van der Waals surface area (Å²) in [6.45, 7) is 0.982. The third-order valence-electron chi connectivity index (χ3n) is 4.15. The molecule has 23 heavy (non-hydrogen) atoms. The highest BCUT2D eigenvalue weighted by Crippen LogP contribution is 2.30. The maximum absolute atomic E-state index is 12.9. The third-order valence-corrected chi connectivity index (χ3v) is 6.08. The van der Waals surface area contributed by atoms with E-state index in [2.05, 4.69) is 10.4 Å². The van der Waals surface area contributed by atoms with Gasteiger partial charge in [0.2, 0.25) is 0 Å². The van der Waals surface area contributed by atoms with Crippen LogP contribution in [0.3, 0.4) is 0 Å². The minimum absolute atomic E-state index is 0.274. The van der Waals surface area contributed by atoms with Gasteiger partial charge >= 0.3 is 10.2 Å². The first kappa shape index (κ1) is 16.1. The van der Waals surface area contributed by atoms with E-state index in [0.29, 0.717) is 30.1 Å². The van der Waals surface area contributed by atoms with Crippen LogP contribution in [0.4, 0.5) is 0 Å². The van der Waals surface area contributed by atoms with Crippen molar-refractivity contribution in [1.82, 2.24) is 14.0 Å². The Bertz CT molecular complexity index is 705. The number of fused-ring (bicyclic) bond motifs is 1. The predicted molar refractivity (Wildman–Crippen MR) is 84.7 cm³/mol. The van der Waals surface area contributed by atoms with Gasteiger partial charge in [-0.3, -0.25) is 16.0 Å². The molecule has 3 aliphatic rings. The predicted octanol–water partition coefficient (Wildman–Crippen LogP) is -1.08. The van der Waals surface area contributed by atoms with E-state index in [1.54, 1.807) is 6.08 Å². The zero-order valence-corrected chi connectivity index (χ0v) is 13.4. The van der Waals surface area contributed by atoms with E-state index in [1.807, 2.05) is 0 Å². The number of allylic oxidation sites excluding steroid dienone is 2. The Morgan fingerprint density at radius 1 is 1.30 bits per heavy atom. The number of nitrogens with two attached hydrogens (primary N) is 2. The van der Waals surface area contributed by atoms with Gasteiger partial charge in [-0.1, -0.05) is 12.5 Å². The summed E-state index contributed by atoms with van der Waals surface area (Å²) in [6, 6.07) is 0. The molecule has 1 saturated heterocycles. The SMILES string of the molecule is NNC(=O)C1=CC2=NC(N)N(S(=O)(=O)N3CCCCC3)C2=CC1. The second-order valence-corrected chi connectivity index (χ2v) is 7.43. The van der Waals surface area contributed by atoms with Crippen molar-refractivity contribution in [1.29, 1.82) is 0 Å². The van der Waals surface area contributed by atoms with Crippen LogP contribution >= 0.6 is 0 Å². The maximum atomic E-state index is 12.9. The van der Waals surface area contributed by atoms with Gasteiger partial charge in [-0.2, -0.15) is 12.7 Å². The minimum atomic E-state index is -3.72. The molecule has 1 fully saturated rings. The molecule has 1 amide bonds. The summed E-state index contributed by atoms with van der Waals surface area (Å²) in [6.07, 6.45) is 5.16. The molecule has 0 bridgehead atoms. The van der Waals surface area contributed by atoms with Crippen LogP contribution < -0.4 is 17.0 Å². The van der Waals surface area contributed by atoms with Gasteiger partial charge in [-0.25, -0.2) is 15.1 Å². The highest BCUT2D eigenvalue weighted by atomic mass is 32.2. The average Bonchev–Trinajstić information content (AvgIpc) is 2.90. The van der Waals surface area contributed by atoms with Crippen LogP contribution in [-0.2, 0) is 15.0 Å². The normalized spacial score (nSPS) is 25.4. The first-order valence-electron chi connectivity index (χ1n) is 7.50. The lowest BCUT2D eigenvalue weighted by Gasteiger charge is -2.33. The van der Waals surface area contributed by atoms with Crippen molar-refractivity contribution in [2.45, 2.75) is 32.0 Å². The van der Waals surface area contributed by atoms with Gasteiger partial charge in [0.25, 0.3) is 5.91 Å². The maximum Gasteiger partial charge on any atom is 0.307 e. The van der Waals surface area contributed by atoms with Crippen LogP contribution in [0, 0.1) is 0 Å². The molecule has 1 unspecified atom stereocenters. The molecule has 1 aliphatic carbocycles. The fourth-order valence-corrected chi connectivity index (χ4v) is 4.69. The van der Waals surface area contributed by atoms with Gasteiger partial charge in [0.15, 0.2) is 6.29 Å². The van der Waals surface area contributed by atoms with E-state index in [-0.39, 0.29) is 6.42 Å². The Labute approximate surface area is 134 Å². The number of nitrogens with zero attached hydrogens (tertiary/aromatic N) is 3. The first-order valence-corrected chi connectivity index (χ1v) is 8.90. The zero-order chi connectivity index (χ0) is 16.6. The van der Waals surface area contributed by atoms with E-state index < -0.39 is 22.4 Å². The van der Waals surface area contributed by atoms with Crippen LogP contribution in [0.25, 0.3) is 0 Å². The molecule has 9 nitrogen and oxygen atoms in total. The zero-order valence-electron chi connectivity index (χ0n) is 12.6. The molecule has 2 heterocycles. The van der Waals surface area contributed by atoms with Crippen molar-refractivity contribution in [3.8, 4) is 0 Å². The van der Waals surface area contributed by atoms with Crippen molar-refractivity contribution < 1.29 is 13.2 Å². The summed E-state index contributed by atoms with van der Waals surface area (Å²) in [5.41, 5.74) is 9.21. The number of carbonyl (C=O) groups is 1. The number of nitrogens with one attached hydrogen (secondary N) is 1. The van der Waals surface area contributed by atoms with Crippen molar-refractivity contribution in [2.75, 3.05) is 13.1 Å². The quantitative estimate of drug-likeness (QED) is 0.341. The largest absolute Gasteiger partial charge is 0.307 e. The molecule has 0 radical (unpaired) electrons. The second kappa shape index (κ2) is 6.04. The summed E-state index contributed by atoms with van der Waals surface area (Å²) in [5.74, 6) is 4.70. The molecule has 0 spiro atoms. The molecule has 0 aromatic carbocycles. The van der Waals surface area contributed by atoms with Gasteiger partial charge in [-0.05, 0) is 25.3 Å². The van der Waals surface area contributed by atoms with E-state index in [4.69, 9.17) is 11.6 Å². The van der Waals surface area contributed by atoms with Crippen molar-refractivity contribution in [2.24, 2.45) is 16.6 Å². The summed E-state index contributed by atoms with van der Waals surface area (Å²) in [7, 11) is -3.72. The second-order valence-electron chi connectivity index (χ2n) is 5.63. The lowest BCUT2D eigenvalue weighted by molar-refractivity contribution is -0.117. The van der Waals surface area contributed by atoms with Crippen LogP contribution in [0.15, 0.2) is 28.4 Å². The minimum Gasteiger partial charge on any atom is -0.292 e. The van der Waals surface area contributed by atoms with E-state index in [0.717, 1.165) is 23.6 Å². The number of piperidine rings is 1. The highest BCUT2D eigenvalue weighted by Gasteiger charge is 2.41. The van der Waals surface area contributed by atoms with Crippen molar-refractivity contribution >= 4 is 21.8 Å². The molecule has 0 aromatic rings. The number of hydrogen-bond acceptors (Lipinski definition) is 6. The monoisotopic (exact) mass is 340 g/mol. The highest BCUT2D eigenvalue weighted by molar-refractivity contribution is 7.87. The van der Waals surface area contributed by atoms with Crippen molar-refractivity contribution in [3.63, 3.8) is 0 Å². The van der Waals surface area contributed by atoms with E-state index >= 15 is 0 Å². The number of hydrogen-bond donors (Lipinski definition) is 3. The number of hydrazine groups is 1. The summed E-state index contributed by atoms with van der Waals surface area (Å²) < 4.78 is 28.3.